The Bertz CT molecular complexity index is 1040. The number of hydrogen-bond acceptors (Lipinski definition) is 4. The molecule has 0 atom stereocenters. The minimum Gasteiger partial charge on any atom is -0.451 e. The minimum absolute atomic E-state index is 0.280. The summed E-state index contributed by atoms with van der Waals surface area (Å²) in [5, 5.41) is 3.73. The smallest absolute Gasteiger partial charge is 0.291 e. The highest BCUT2D eigenvalue weighted by Gasteiger charge is 2.13. The van der Waals surface area contributed by atoms with Gasteiger partial charge in [-0.15, -0.1) is 0 Å². The molecule has 0 saturated carbocycles. The number of furan rings is 1. The first-order valence-corrected chi connectivity index (χ1v) is 7.27. The molecule has 1 N–H and O–H groups in total. The second kappa shape index (κ2) is 4.98. The first-order valence-electron chi connectivity index (χ1n) is 7.27. The number of hydrogen-bond donors (Lipinski definition) is 1. The van der Waals surface area contributed by atoms with Crippen molar-refractivity contribution >= 4 is 33.7 Å². The van der Waals surface area contributed by atoms with E-state index in [0.717, 1.165) is 10.9 Å². The number of fused-ring (bicyclic) bond motifs is 2. The lowest BCUT2D eigenvalue weighted by atomic mass is 10.2. The van der Waals surface area contributed by atoms with Crippen LogP contribution in [0.3, 0.4) is 0 Å². The third-order valence-corrected chi connectivity index (χ3v) is 3.65. The Morgan fingerprint density at radius 1 is 1.00 bits per heavy atom. The van der Waals surface area contributed by atoms with E-state index in [-0.39, 0.29) is 11.7 Å². The molecule has 2 aromatic heterocycles. The summed E-state index contributed by atoms with van der Waals surface area (Å²) in [4.78, 5) is 16.6. The summed E-state index contributed by atoms with van der Waals surface area (Å²) >= 11 is 0. The first-order chi connectivity index (χ1) is 11.1. The lowest BCUT2D eigenvalue weighted by molar-refractivity contribution is 0.0998. The van der Waals surface area contributed by atoms with E-state index in [1.54, 1.807) is 31.2 Å². The number of anilines is 1. The van der Waals surface area contributed by atoms with Gasteiger partial charge in [0.2, 0.25) is 0 Å². The highest BCUT2D eigenvalue weighted by atomic mass is 16.4. The first kappa shape index (κ1) is 13.6. The molecule has 0 radical (unpaired) electrons. The highest BCUT2D eigenvalue weighted by molar-refractivity contribution is 6.05. The van der Waals surface area contributed by atoms with Crippen molar-refractivity contribution in [2.45, 2.75) is 13.8 Å². The topological polar surface area (TPSA) is 68.3 Å². The minimum atomic E-state index is -0.293. The Morgan fingerprint density at radius 3 is 2.74 bits per heavy atom. The van der Waals surface area contributed by atoms with Gasteiger partial charge < -0.3 is 14.2 Å². The molecule has 0 aliphatic heterocycles. The van der Waals surface area contributed by atoms with Gasteiger partial charge in [-0.1, -0.05) is 12.1 Å². The molecule has 114 valence electrons. The number of nitrogens with zero attached hydrogens (tertiary/aromatic N) is 1. The van der Waals surface area contributed by atoms with Gasteiger partial charge in [0.1, 0.15) is 11.1 Å². The maximum atomic E-state index is 12.4. The van der Waals surface area contributed by atoms with Crippen LogP contribution in [0.1, 0.15) is 22.0 Å². The number of carbonyl (C=O) groups is 1. The van der Waals surface area contributed by atoms with Crippen LogP contribution in [0, 0.1) is 13.8 Å². The van der Waals surface area contributed by atoms with E-state index in [9.17, 15) is 4.79 Å². The molecule has 4 rings (SSSR count). The van der Waals surface area contributed by atoms with Crippen molar-refractivity contribution in [1.82, 2.24) is 4.98 Å². The normalized spacial score (nSPS) is 11.2. The second-order valence-electron chi connectivity index (χ2n) is 5.52. The number of aromatic nitrogens is 1. The van der Waals surface area contributed by atoms with Gasteiger partial charge in [0.15, 0.2) is 17.2 Å². The van der Waals surface area contributed by atoms with E-state index in [4.69, 9.17) is 8.83 Å². The van der Waals surface area contributed by atoms with Crippen LogP contribution in [0.2, 0.25) is 0 Å². The van der Waals surface area contributed by atoms with E-state index in [2.05, 4.69) is 10.3 Å². The predicted molar refractivity (Wildman–Crippen MR) is 87.7 cm³/mol. The summed E-state index contributed by atoms with van der Waals surface area (Å²) in [6.07, 6.45) is 0. The van der Waals surface area contributed by atoms with Gasteiger partial charge in [0, 0.05) is 18.0 Å². The van der Waals surface area contributed by atoms with Crippen molar-refractivity contribution in [3.63, 3.8) is 0 Å². The fourth-order valence-electron chi connectivity index (χ4n) is 2.56. The fraction of sp³-hybridized carbons (Fsp3) is 0.111. The lowest BCUT2D eigenvalue weighted by Gasteiger charge is -2.02. The van der Waals surface area contributed by atoms with Crippen LogP contribution >= 0.6 is 0 Å². The van der Waals surface area contributed by atoms with Crippen molar-refractivity contribution in [2.75, 3.05) is 5.32 Å². The van der Waals surface area contributed by atoms with Gasteiger partial charge in [-0.05, 0) is 42.8 Å². The van der Waals surface area contributed by atoms with Crippen LogP contribution in [-0.4, -0.2) is 10.9 Å². The molecule has 5 heteroatoms. The lowest BCUT2D eigenvalue weighted by Crippen LogP contribution is -2.10. The van der Waals surface area contributed by atoms with Crippen LogP contribution in [0.4, 0.5) is 5.69 Å². The standard InChI is InChI=1S/C18H14N2O3/c1-10-3-4-12-8-17(23-16(12)7-10)18(21)20-13-5-6-15-14(9-13)19-11(2)22-15/h3-9H,1-2H3,(H,20,21). The maximum Gasteiger partial charge on any atom is 0.291 e. The monoisotopic (exact) mass is 306 g/mol. The number of carbonyl (C=O) groups excluding carboxylic acids is 1. The van der Waals surface area contributed by atoms with Crippen LogP contribution < -0.4 is 5.32 Å². The average molecular weight is 306 g/mol. The van der Waals surface area contributed by atoms with Gasteiger partial charge in [-0.3, -0.25) is 4.79 Å². The van der Waals surface area contributed by atoms with E-state index in [0.29, 0.717) is 28.3 Å². The number of aryl methyl sites for hydroxylation is 2. The number of oxazole rings is 1. The molecular weight excluding hydrogens is 292 g/mol. The molecule has 0 aliphatic rings. The Morgan fingerprint density at radius 2 is 1.87 bits per heavy atom. The number of nitrogens with one attached hydrogen (secondary N) is 1. The zero-order chi connectivity index (χ0) is 16.0. The summed E-state index contributed by atoms with van der Waals surface area (Å²) in [5.41, 5.74) is 3.84. The van der Waals surface area contributed by atoms with Crippen molar-refractivity contribution < 1.29 is 13.6 Å². The Labute approximate surface area is 131 Å². The molecular formula is C18H14N2O3. The highest BCUT2D eigenvalue weighted by Crippen LogP contribution is 2.23. The van der Waals surface area contributed by atoms with E-state index in [1.807, 2.05) is 25.1 Å². The Balaban J connectivity index is 1.64. The maximum absolute atomic E-state index is 12.4. The van der Waals surface area contributed by atoms with Crippen LogP contribution in [0.5, 0.6) is 0 Å². The molecule has 0 unspecified atom stereocenters. The average Bonchev–Trinajstić information content (AvgIpc) is 3.08. The van der Waals surface area contributed by atoms with E-state index >= 15 is 0 Å². The van der Waals surface area contributed by atoms with Crippen LogP contribution in [0.15, 0.2) is 51.3 Å². The quantitative estimate of drug-likeness (QED) is 0.594. The van der Waals surface area contributed by atoms with Crippen LogP contribution in [0.25, 0.3) is 22.1 Å². The molecule has 0 saturated heterocycles. The van der Waals surface area contributed by atoms with E-state index in [1.165, 1.54) is 0 Å². The third kappa shape index (κ3) is 2.46. The Hall–Kier alpha value is -3.08. The summed E-state index contributed by atoms with van der Waals surface area (Å²) in [6, 6.07) is 12.9. The molecule has 0 fully saturated rings. The molecule has 0 bridgehead atoms. The van der Waals surface area contributed by atoms with Gasteiger partial charge in [-0.25, -0.2) is 4.98 Å². The molecule has 4 aromatic rings. The summed E-state index contributed by atoms with van der Waals surface area (Å²) < 4.78 is 11.0. The SMILES string of the molecule is Cc1ccc2cc(C(=O)Nc3ccc4oc(C)nc4c3)oc2c1. The molecule has 0 aliphatic carbocycles. The van der Waals surface area contributed by atoms with Crippen molar-refractivity contribution in [3.05, 3.63) is 59.7 Å². The van der Waals surface area contributed by atoms with Crippen molar-refractivity contribution in [2.24, 2.45) is 0 Å². The number of amides is 1. The van der Waals surface area contributed by atoms with Gasteiger partial charge in [0.05, 0.1) is 0 Å². The Kier molecular flexibility index (Phi) is 2.94. The van der Waals surface area contributed by atoms with E-state index < -0.39 is 0 Å². The number of rotatable bonds is 2. The summed E-state index contributed by atoms with van der Waals surface area (Å²) in [5.74, 6) is 0.580. The second-order valence-corrected chi connectivity index (χ2v) is 5.52. The largest absolute Gasteiger partial charge is 0.451 e. The van der Waals surface area contributed by atoms with Gasteiger partial charge >= 0.3 is 0 Å². The molecule has 23 heavy (non-hydrogen) atoms. The van der Waals surface area contributed by atoms with Crippen LogP contribution in [-0.2, 0) is 0 Å². The molecule has 0 spiro atoms. The molecule has 5 nitrogen and oxygen atoms in total. The van der Waals surface area contributed by atoms with Gasteiger partial charge in [-0.2, -0.15) is 0 Å². The molecule has 1 amide bonds. The van der Waals surface area contributed by atoms with Crippen molar-refractivity contribution in [3.8, 4) is 0 Å². The summed E-state index contributed by atoms with van der Waals surface area (Å²) in [7, 11) is 0. The van der Waals surface area contributed by atoms with Crippen molar-refractivity contribution in [1.29, 1.82) is 0 Å². The van der Waals surface area contributed by atoms with Gasteiger partial charge in [0.25, 0.3) is 5.91 Å². The number of benzene rings is 2. The summed E-state index contributed by atoms with van der Waals surface area (Å²) in [6.45, 7) is 3.77. The zero-order valence-electron chi connectivity index (χ0n) is 12.7. The zero-order valence-corrected chi connectivity index (χ0v) is 12.7. The molecule has 2 heterocycles. The third-order valence-electron chi connectivity index (χ3n) is 3.65. The predicted octanol–water partition coefficient (Wildman–Crippen LogP) is 4.44. The fourth-order valence-corrected chi connectivity index (χ4v) is 2.56. The molecule has 2 aromatic carbocycles.